The zero-order valence-corrected chi connectivity index (χ0v) is 9.71. The summed E-state index contributed by atoms with van der Waals surface area (Å²) in [7, 11) is 0. The summed E-state index contributed by atoms with van der Waals surface area (Å²) in [6.45, 7) is 4.31. The molecule has 0 bridgehead atoms. The fourth-order valence-electron chi connectivity index (χ4n) is 3.39. The number of hydrogen-bond acceptors (Lipinski definition) is 3. The Morgan fingerprint density at radius 2 is 2.00 bits per heavy atom. The molecule has 0 radical (unpaired) electrons. The van der Waals surface area contributed by atoms with Crippen molar-refractivity contribution >= 4 is 11.8 Å². The fraction of sp³-hybridized carbons (Fsp3) is 0.692. The summed E-state index contributed by atoms with van der Waals surface area (Å²) >= 11 is 0. The van der Waals surface area contributed by atoms with Gasteiger partial charge < -0.3 is 4.74 Å². The Kier molecular flexibility index (Phi) is 1.86. The van der Waals surface area contributed by atoms with Crippen molar-refractivity contribution in [2.45, 2.75) is 45.6 Å². The molecule has 1 fully saturated rings. The smallest absolute Gasteiger partial charge is 0.306 e. The predicted molar refractivity (Wildman–Crippen MR) is 57.7 cm³/mol. The fourth-order valence-corrected chi connectivity index (χ4v) is 3.39. The van der Waals surface area contributed by atoms with Gasteiger partial charge in [0.05, 0.1) is 6.42 Å². The molecular formula is C13H16O3. The van der Waals surface area contributed by atoms with Gasteiger partial charge in [0.1, 0.15) is 6.10 Å². The first-order valence-corrected chi connectivity index (χ1v) is 5.95. The van der Waals surface area contributed by atoms with E-state index in [1.807, 2.05) is 0 Å². The van der Waals surface area contributed by atoms with Crippen molar-refractivity contribution in [2.75, 3.05) is 0 Å². The van der Waals surface area contributed by atoms with Gasteiger partial charge in [0.2, 0.25) is 0 Å². The van der Waals surface area contributed by atoms with Crippen molar-refractivity contribution in [1.29, 1.82) is 0 Å². The van der Waals surface area contributed by atoms with Crippen LogP contribution in [0.3, 0.4) is 0 Å². The van der Waals surface area contributed by atoms with Crippen LogP contribution in [0.5, 0.6) is 0 Å². The molecule has 16 heavy (non-hydrogen) atoms. The molecule has 0 N–H and O–H groups in total. The molecular weight excluding hydrogens is 204 g/mol. The molecule has 3 aliphatic rings. The summed E-state index contributed by atoms with van der Waals surface area (Å²) < 4.78 is 5.39. The molecule has 0 unspecified atom stereocenters. The zero-order valence-electron chi connectivity index (χ0n) is 9.71. The maximum atomic E-state index is 11.9. The zero-order chi connectivity index (χ0) is 11.5. The molecule has 2 aliphatic carbocycles. The number of Topliss-reactive ketones (excluding diaryl/α,β-unsaturated/α-hetero) is 1. The highest BCUT2D eigenvalue weighted by Gasteiger charge is 2.51. The van der Waals surface area contributed by atoms with Gasteiger partial charge in [-0.3, -0.25) is 9.59 Å². The van der Waals surface area contributed by atoms with Crippen LogP contribution in [-0.2, 0) is 14.3 Å². The van der Waals surface area contributed by atoms with E-state index in [9.17, 15) is 9.59 Å². The second-order valence-corrected chi connectivity index (χ2v) is 5.78. The Balaban J connectivity index is 2.06. The molecule has 1 aliphatic heterocycles. The Bertz CT molecular complexity index is 417. The number of ketones is 1. The third kappa shape index (κ3) is 1.20. The maximum absolute atomic E-state index is 11.9. The molecule has 3 heteroatoms. The Hall–Kier alpha value is -1.12. The van der Waals surface area contributed by atoms with Gasteiger partial charge in [-0.05, 0) is 29.4 Å². The third-order valence-electron chi connectivity index (χ3n) is 4.23. The van der Waals surface area contributed by atoms with Gasteiger partial charge in [0.25, 0.3) is 0 Å². The lowest BCUT2D eigenvalue weighted by atomic mass is 9.72. The monoisotopic (exact) mass is 220 g/mol. The minimum atomic E-state index is -0.102. The van der Waals surface area contributed by atoms with E-state index in [1.165, 1.54) is 0 Å². The molecule has 1 saturated heterocycles. The van der Waals surface area contributed by atoms with E-state index < -0.39 is 0 Å². The van der Waals surface area contributed by atoms with Crippen molar-refractivity contribution in [3.63, 3.8) is 0 Å². The van der Waals surface area contributed by atoms with Gasteiger partial charge in [-0.15, -0.1) is 0 Å². The van der Waals surface area contributed by atoms with Crippen LogP contribution in [0.15, 0.2) is 11.1 Å². The van der Waals surface area contributed by atoms with E-state index in [0.717, 1.165) is 24.0 Å². The van der Waals surface area contributed by atoms with E-state index >= 15 is 0 Å². The summed E-state index contributed by atoms with van der Waals surface area (Å²) in [5, 5.41) is 0. The summed E-state index contributed by atoms with van der Waals surface area (Å²) in [4.78, 5) is 23.2. The Morgan fingerprint density at radius 1 is 1.25 bits per heavy atom. The molecule has 3 nitrogen and oxygen atoms in total. The van der Waals surface area contributed by atoms with Gasteiger partial charge in [0, 0.05) is 12.3 Å². The van der Waals surface area contributed by atoms with Crippen LogP contribution in [0.2, 0.25) is 0 Å². The second-order valence-electron chi connectivity index (χ2n) is 5.78. The lowest BCUT2D eigenvalue weighted by molar-refractivity contribution is -0.140. The van der Waals surface area contributed by atoms with Crippen molar-refractivity contribution < 1.29 is 14.3 Å². The summed E-state index contributed by atoms with van der Waals surface area (Å²) in [6.07, 6.45) is 2.68. The van der Waals surface area contributed by atoms with Crippen LogP contribution < -0.4 is 0 Å². The first-order chi connectivity index (χ1) is 7.49. The highest BCUT2D eigenvalue weighted by atomic mass is 16.6. The maximum Gasteiger partial charge on any atom is 0.306 e. The number of rotatable bonds is 0. The predicted octanol–water partition coefficient (Wildman–Crippen LogP) is 2.01. The van der Waals surface area contributed by atoms with Gasteiger partial charge >= 0.3 is 5.97 Å². The number of hydrogen-bond donors (Lipinski definition) is 0. The quantitative estimate of drug-likeness (QED) is 0.586. The number of carbonyl (C=O) groups is 2. The number of esters is 1. The normalized spacial score (nSPS) is 36.1. The van der Waals surface area contributed by atoms with Crippen molar-refractivity contribution in [3.05, 3.63) is 11.1 Å². The Morgan fingerprint density at radius 3 is 2.75 bits per heavy atom. The SMILES string of the molecule is CC1(C)CCC(=O)C2=C1[C@H]1OC(=O)C[C@H]1C2. The van der Waals surface area contributed by atoms with E-state index in [-0.39, 0.29) is 29.2 Å². The van der Waals surface area contributed by atoms with Crippen LogP contribution in [0.25, 0.3) is 0 Å². The number of allylic oxidation sites excluding steroid dienone is 1. The summed E-state index contributed by atoms with van der Waals surface area (Å²) in [5.74, 6) is 0.411. The summed E-state index contributed by atoms with van der Waals surface area (Å²) in [5.41, 5.74) is 2.12. The number of carbonyl (C=O) groups excluding carboxylic acids is 2. The van der Waals surface area contributed by atoms with Gasteiger partial charge in [-0.2, -0.15) is 0 Å². The molecule has 2 atom stereocenters. The number of ether oxygens (including phenoxy) is 1. The topological polar surface area (TPSA) is 43.4 Å². The van der Waals surface area contributed by atoms with Gasteiger partial charge in [-0.1, -0.05) is 13.8 Å². The molecule has 0 aromatic heterocycles. The largest absolute Gasteiger partial charge is 0.457 e. The first-order valence-electron chi connectivity index (χ1n) is 5.95. The second kappa shape index (κ2) is 2.96. The van der Waals surface area contributed by atoms with E-state index in [4.69, 9.17) is 4.74 Å². The third-order valence-corrected chi connectivity index (χ3v) is 4.23. The molecule has 0 aromatic carbocycles. The Labute approximate surface area is 94.8 Å². The van der Waals surface area contributed by atoms with Crippen LogP contribution in [0.4, 0.5) is 0 Å². The minimum Gasteiger partial charge on any atom is -0.457 e. The highest BCUT2D eigenvalue weighted by Crippen LogP contribution is 2.52. The van der Waals surface area contributed by atoms with Crippen LogP contribution in [0, 0.1) is 11.3 Å². The highest BCUT2D eigenvalue weighted by molar-refractivity contribution is 5.98. The van der Waals surface area contributed by atoms with Crippen molar-refractivity contribution in [1.82, 2.24) is 0 Å². The average molecular weight is 220 g/mol. The van der Waals surface area contributed by atoms with Crippen molar-refractivity contribution in [3.8, 4) is 0 Å². The average Bonchev–Trinajstić information content (AvgIpc) is 2.67. The molecule has 0 saturated carbocycles. The molecule has 3 rings (SSSR count). The van der Waals surface area contributed by atoms with E-state index in [1.54, 1.807) is 0 Å². The molecule has 0 spiro atoms. The van der Waals surface area contributed by atoms with Gasteiger partial charge in [0.15, 0.2) is 5.78 Å². The van der Waals surface area contributed by atoms with Crippen LogP contribution in [0.1, 0.15) is 39.5 Å². The molecule has 0 aromatic rings. The van der Waals surface area contributed by atoms with Crippen LogP contribution in [-0.4, -0.2) is 17.9 Å². The molecule has 86 valence electrons. The standard InChI is InChI=1S/C13H16O3/c1-13(2)4-3-9(14)8-5-7-6-10(15)16-12(7)11(8)13/h7,12H,3-6H2,1-2H3/t7-,12+/m1/s1. The first kappa shape index (κ1) is 10.1. The van der Waals surface area contributed by atoms with E-state index in [2.05, 4.69) is 13.8 Å². The molecule has 1 heterocycles. The number of fused-ring (bicyclic) bond motifs is 2. The van der Waals surface area contributed by atoms with Crippen LogP contribution >= 0.6 is 0 Å². The lowest BCUT2D eigenvalue weighted by Crippen LogP contribution is -2.30. The van der Waals surface area contributed by atoms with Crippen molar-refractivity contribution in [2.24, 2.45) is 11.3 Å². The lowest BCUT2D eigenvalue weighted by Gasteiger charge is -2.33. The van der Waals surface area contributed by atoms with Gasteiger partial charge in [-0.25, -0.2) is 0 Å². The molecule has 0 amide bonds. The minimum absolute atomic E-state index is 0.0211. The summed E-state index contributed by atoms with van der Waals surface area (Å²) in [6, 6.07) is 0. The van der Waals surface area contributed by atoms with E-state index in [0.29, 0.717) is 12.8 Å².